The van der Waals surface area contributed by atoms with E-state index in [4.69, 9.17) is 0 Å². The zero-order chi connectivity index (χ0) is 48.4. The molecule has 4 fully saturated rings. The monoisotopic (exact) mass is 950 g/mol. The summed E-state index contributed by atoms with van der Waals surface area (Å²) >= 11 is 3.12. The van der Waals surface area contributed by atoms with Crippen LogP contribution in [0.1, 0.15) is 78.4 Å². The maximum Gasteiger partial charge on any atom is 0.407 e. The standard InChI is InChI=1S/C46H62N8O10S2/c1-25(51(7)43(61)62)37(55)49-31-19-21-65-33-23-45(3,4)35(53(33)41(31)59)39(57)47-29-15-11-9-13-27(29)17-18-28-14-10-12-16-30(28)48-40(58)36-46(5,6)24-34-54(36)42(60)32(20-22-66-34)50-38(56)26(2)52(8)44(63)64/h9-16,25-26,31-36H,17-24H2,1-8H3,(H,47,57)(H,48,58)(H,49,55)(H,50,56)(H,61,62)(H,63,64)/t25?,26?,31-,32-,33-,34-,35+,36+/m0/s1. The average Bonchev–Trinajstić information content (AvgIpc) is 3.58. The molecule has 4 heterocycles. The third-order valence-electron chi connectivity index (χ3n) is 13.5. The molecule has 0 bridgehead atoms. The lowest BCUT2D eigenvalue weighted by Gasteiger charge is -2.34. The average molecular weight is 951 g/mol. The van der Waals surface area contributed by atoms with Crippen LogP contribution in [0.15, 0.2) is 48.5 Å². The minimum absolute atomic E-state index is 0.299. The van der Waals surface area contributed by atoms with Gasteiger partial charge in [-0.25, -0.2) is 9.59 Å². The molecule has 18 nitrogen and oxygen atoms in total. The first-order valence-electron chi connectivity index (χ1n) is 22.2. The fourth-order valence-corrected chi connectivity index (χ4v) is 12.5. The van der Waals surface area contributed by atoms with Gasteiger partial charge in [-0.05, 0) is 98.0 Å². The van der Waals surface area contributed by atoms with Crippen LogP contribution in [0.2, 0.25) is 0 Å². The maximum atomic E-state index is 14.4. The van der Waals surface area contributed by atoms with E-state index in [9.17, 15) is 48.6 Å². The summed E-state index contributed by atoms with van der Waals surface area (Å²) in [5, 5.41) is 29.9. The minimum atomic E-state index is -1.27. The number of nitrogens with one attached hydrogen (secondary N) is 4. The zero-order valence-electron chi connectivity index (χ0n) is 38.7. The molecule has 4 aliphatic rings. The molecule has 0 spiro atoms. The Labute approximate surface area is 393 Å². The molecule has 0 aromatic heterocycles. The number of likely N-dealkylation sites (N-methyl/N-ethyl adjacent to an activating group) is 2. The van der Waals surface area contributed by atoms with Gasteiger partial charge >= 0.3 is 12.2 Å². The third-order valence-corrected chi connectivity index (χ3v) is 16.0. The first kappa shape index (κ1) is 49.9. The Hall–Kier alpha value is -5.50. The van der Waals surface area contributed by atoms with E-state index in [0.717, 1.165) is 20.9 Å². The van der Waals surface area contributed by atoms with Crippen LogP contribution >= 0.6 is 23.5 Å². The Morgan fingerprint density at radius 1 is 0.652 bits per heavy atom. The lowest BCUT2D eigenvalue weighted by Crippen LogP contribution is -2.57. The van der Waals surface area contributed by atoms with Crippen molar-refractivity contribution in [1.82, 2.24) is 30.2 Å². The van der Waals surface area contributed by atoms with Crippen LogP contribution in [0.5, 0.6) is 0 Å². The second-order valence-electron chi connectivity index (χ2n) is 19.0. The third kappa shape index (κ3) is 10.5. The molecule has 66 heavy (non-hydrogen) atoms. The lowest BCUT2D eigenvalue weighted by atomic mass is 9.84. The fraction of sp³-hybridized carbons (Fsp3) is 0.565. The number of thioether (sulfide) groups is 2. The highest BCUT2D eigenvalue weighted by molar-refractivity contribution is 8.00. The molecule has 4 aliphatic heterocycles. The molecule has 0 radical (unpaired) electrons. The number of carbonyl (C=O) groups excluding carboxylic acids is 6. The van der Waals surface area contributed by atoms with E-state index >= 15 is 0 Å². The van der Waals surface area contributed by atoms with Crippen LogP contribution in [0, 0.1) is 10.8 Å². The van der Waals surface area contributed by atoms with Crippen molar-refractivity contribution < 1.29 is 48.6 Å². The van der Waals surface area contributed by atoms with E-state index < -0.39 is 71.1 Å². The molecule has 0 saturated carbocycles. The van der Waals surface area contributed by atoms with Gasteiger partial charge in [-0.2, -0.15) is 0 Å². The zero-order valence-corrected chi connectivity index (χ0v) is 40.3. The Morgan fingerprint density at radius 2 is 1.00 bits per heavy atom. The number of para-hydroxylation sites is 2. The predicted octanol–water partition coefficient (Wildman–Crippen LogP) is 4.50. The van der Waals surface area contributed by atoms with Crippen LogP contribution < -0.4 is 21.3 Å². The van der Waals surface area contributed by atoms with Gasteiger partial charge in [-0.3, -0.25) is 38.6 Å². The van der Waals surface area contributed by atoms with Crippen molar-refractivity contribution >= 4 is 82.5 Å². The van der Waals surface area contributed by atoms with E-state index in [2.05, 4.69) is 21.3 Å². The predicted molar refractivity (Wildman–Crippen MR) is 252 cm³/mol. The summed E-state index contributed by atoms with van der Waals surface area (Å²) in [4.78, 5) is 111. The summed E-state index contributed by atoms with van der Waals surface area (Å²) in [6, 6.07) is 9.12. The van der Waals surface area contributed by atoms with Gasteiger partial charge in [0, 0.05) is 25.5 Å². The summed E-state index contributed by atoms with van der Waals surface area (Å²) < 4.78 is 0. The second kappa shape index (κ2) is 20.2. The Balaban J connectivity index is 1.15. The van der Waals surface area contributed by atoms with Gasteiger partial charge in [-0.15, -0.1) is 23.5 Å². The molecule has 6 N–H and O–H groups in total. The Bertz CT molecular complexity index is 2090. The number of carboxylic acid groups (broad SMARTS) is 2. The van der Waals surface area contributed by atoms with Crippen molar-refractivity contribution in [3.63, 3.8) is 0 Å². The molecular weight excluding hydrogens is 889 g/mol. The van der Waals surface area contributed by atoms with Crippen molar-refractivity contribution in [2.45, 2.75) is 127 Å². The van der Waals surface area contributed by atoms with Crippen LogP contribution in [0.25, 0.3) is 0 Å². The molecule has 8 atom stereocenters. The molecule has 2 aromatic rings. The summed E-state index contributed by atoms with van der Waals surface area (Å²) in [5.41, 5.74) is 1.53. The normalized spacial score (nSPS) is 25.2. The SMILES string of the molecule is CC(C(=O)N[C@H]1CCS[C@H]2CC(C)(C)[C@@H](C(=O)Nc3ccccc3CCc3ccccc3NC(=O)[C@H]3N4C(=O)[C@@H](NC(=O)C(C)N(C)C(=O)O)CCS[C@H]4CC3(C)C)N2C1=O)N(C)C(=O)O. The lowest BCUT2D eigenvalue weighted by molar-refractivity contribution is -0.142. The van der Waals surface area contributed by atoms with Crippen LogP contribution in [0.3, 0.4) is 0 Å². The topological polar surface area (TPSA) is 238 Å². The van der Waals surface area contributed by atoms with Crippen molar-refractivity contribution in [1.29, 1.82) is 0 Å². The molecule has 20 heteroatoms. The number of anilines is 2. The molecule has 2 aromatic carbocycles. The number of fused-ring (bicyclic) bond motifs is 2. The summed E-state index contributed by atoms with van der Waals surface area (Å²) in [6.45, 7) is 10.7. The van der Waals surface area contributed by atoms with Gasteiger partial charge in [0.05, 0.1) is 10.7 Å². The van der Waals surface area contributed by atoms with E-state index in [1.807, 2.05) is 64.1 Å². The molecular formula is C46H62N8O10S2. The highest BCUT2D eigenvalue weighted by Crippen LogP contribution is 2.48. The second-order valence-corrected chi connectivity index (χ2v) is 21.5. The number of benzene rings is 2. The van der Waals surface area contributed by atoms with E-state index in [1.165, 1.54) is 27.9 Å². The number of rotatable bonds is 13. The van der Waals surface area contributed by atoms with E-state index in [-0.39, 0.29) is 34.4 Å². The van der Waals surface area contributed by atoms with Gasteiger partial charge in [0.2, 0.25) is 35.4 Å². The first-order chi connectivity index (χ1) is 31.0. The molecule has 2 unspecified atom stereocenters. The molecule has 6 rings (SSSR count). The number of hydrogen-bond donors (Lipinski definition) is 6. The van der Waals surface area contributed by atoms with E-state index in [0.29, 0.717) is 61.4 Å². The fourth-order valence-electron chi connectivity index (χ4n) is 9.36. The maximum absolute atomic E-state index is 14.4. The highest BCUT2D eigenvalue weighted by Gasteiger charge is 2.56. The molecule has 8 amide bonds. The number of amides is 8. The van der Waals surface area contributed by atoms with Crippen LogP contribution in [-0.2, 0) is 41.6 Å². The summed E-state index contributed by atoms with van der Waals surface area (Å²) in [7, 11) is 2.57. The van der Waals surface area contributed by atoms with Gasteiger partial charge in [0.1, 0.15) is 36.3 Å². The number of hydrogen-bond acceptors (Lipinski definition) is 10. The van der Waals surface area contributed by atoms with Crippen molar-refractivity contribution in [2.24, 2.45) is 10.8 Å². The van der Waals surface area contributed by atoms with E-state index in [1.54, 1.807) is 45.5 Å². The summed E-state index contributed by atoms with van der Waals surface area (Å²) in [6.07, 6.45) is 0.139. The van der Waals surface area contributed by atoms with Crippen LogP contribution in [-0.4, -0.2) is 150 Å². The van der Waals surface area contributed by atoms with Crippen molar-refractivity contribution in [2.75, 3.05) is 36.2 Å². The van der Waals surface area contributed by atoms with Crippen LogP contribution in [0.4, 0.5) is 21.0 Å². The highest BCUT2D eigenvalue weighted by atomic mass is 32.2. The van der Waals surface area contributed by atoms with Gasteiger partial charge in [0.15, 0.2) is 0 Å². The smallest absolute Gasteiger partial charge is 0.407 e. The minimum Gasteiger partial charge on any atom is -0.465 e. The van der Waals surface area contributed by atoms with Gasteiger partial charge < -0.3 is 41.3 Å². The van der Waals surface area contributed by atoms with Crippen molar-refractivity contribution in [3.8, 4) is 0 Å². The molecule has 4 saturated heterocycles. The molecule has 0 aliphatic carbocycles. The number of nitrogens with zero attached hydrogens (tertiary/aromatic N) is 4. The Morgan fingerprint density at radius 3 is 1.35 bits per heavy atom. The number of aryl methyl sites for hydroxylation is 2. The van der Waals surface area contributed by atoms with Gasteiger partial charge in [-0.1, -0.05) is 64.1 Å². The Kier molecular flexibility index (Phi) is 15.2. The summed E-state index contributed by atoms with van der Waals surface area (Å²) in [5.74, 6) is -1.61. The van der Waals surface area contributed by atoms with Crippen molar-refractivity contribution in [3.05, 3.63) is 59.7 Å². The quantitative estimate of drug-likeness (QED) is 0.163. The largest absolute Gasteiger partial charge is 0.465 e. The molecule has 358 valence electrons. The number of carbonyl (C=O) groups is 8. The first-order valence-corrected chi connectivity index (χ1v) is 24.3. The van der Waals surface area contributed by atoms with Gasteiger partial charge in [0.25, 0.3) is 0 Å².